The summed E-state index contributed by atoms with van der Waals surface area (Å²) in [5, 5.41) is 8.40. The van der Waals surface area contributed by atoms with Crippen molar-refractivity contribution in [1.82, 2.24) is 4.98 Å². The van der Waals surface area contributed by atoms with Crippen LogP contribution in [0.4, 0.5) is 22.0 Å². The Labute approximate surface area is 91.9 Å². The molecule has 0 spiro atoms. The van der Waals surface area contributed by atoms with E-state index in [4.69, 9.17) is 5.11 Å². The van der Waals surface area contributed by atoms with Crippen molar-refractivity contribution in [3.8, 4) is 0 Å². The molecule has 0 aliphatic carbocycles. The van der Waals surface area contributed by atoms with Crippen molar-refractivity contribution in [1.29, 1.82) is 0 Å². The molecule has 0 saturated heterocycles. The van der Waals surface area contributed by atoms with Gasteiger partial charge < -0.3 is 5.11 Å². The second-order valence-electron chi connectivity index (χ2n) is 3.15. The zero-order valence-corrected chi connectivity index (χ0v) is 8.13. The summed E-state index contributed by atoms with van der Waals surface area (Å²) in [4.78, 5) is 13.1. The first-order valence-electron chi connectivity index (χ1n) is 4.28. The number of aromatic nitrogens is 1. The van der Waals surface area contributed by atoms with Crippen LogP contribution in [0.15, 0.2) is 12.1 Å². The number of hydrogen-bond acceptors (Lipinski definition) is 2. The second kappa shape index (κ2) is 4.64. The molecule has 1 heterocycles. The molecule has 1 N–H and O–H groups in total. The first kappa shape index (κ1) is 13.3. The number of hydrogen-bond donors (Lipinski definition) is 1. The van der Waals surface area contributed by atoms with Crippen LogP contribution in [0.2, 0.25) is 0 Å². The minimum Gasteiger partial charge on any atom is -0.481 e. The largest absolute Gasteiger partial charge is 0.481 e. The van der Waals surface area contributed by atoms with Gasteiger partial charge in [0, 0.05) is 0 Å². The van der Waals surface area contributed by atoms with Gasteiger partial charge in [0.15, 0.2) is 0 Å². The molecule has 0 amide bonds. The third-order valence-corrected chi connectivity index (χ3v) is 1.77. The van der Waals surface area contributed by atoms with Crippen molar-refractivity contribution in [2.24, 2.45) is 0 Å². The lowest BCUT2D eigenvalue weighted by molar-refractivity contribution is -0.142. The molecular weight excluding hydrogens is 249 g/mol. The number of carboxylic acid groups (broad SMARTS) is 1. The van der Waals surface area contributed by atoms with Crippen molar-refractivity contribution in [3.63, 3.8) is 0 Å². The molecule has 0 atom stereocenters. The summed E-state index contributed by atoms with van der Waals surface area (Å²) in [5.41, 5.74) is -2.97. The number of alkyl halides is 5. The molecule has 0 saturated carbocycles. The molecular formula is C9H6F5NO2. The van der Waals surface area contributed by atoms with Crippen LogP contribution in [-0.4, -0.2) is 16.1 Å². The maximum absolute atomic E-state index is 12.3. The molecule has 3 nitrogen and oxygen atoms in total. The quantitative estimate of drug-likeness (QED) is 0.845. The lowest BCUT2D eigenvalue weighted by Gasteiger charge is -2.09. The summed E-state index contributed by atoms with van der Waals surface area (Å²) in [6.45, 7) is 0. The fourth-order valence-electron chi connectivity index (χ4n) is 1.14. The summed E-state index contributed by atoms with van der Waals surface area (Å²) < 4.78 is 61.4. The summed E-state index contributed by atoms with van der Waals surface area (Å²) in [6.07, 6.45) is -8.85. The zero-order valence-electron chi connectivity index (χ0n) is 8.13. The van der Waals surface area contributed by atoms with Crippen LogP contribution in [-0.2, 0) is 17.4 Å². The summed E-state index contributed by atoms with van der Waals surface area (Å²) in [5.74, 6) is -1.41. The van der Waals surface area contributed by atoms with Crippen molar-refractivity contribution < 1.29 is 31.9 Å². The van der Waals surface area contributed by atoms with Crippen molar-refractivity contribution in [3.05, 3.63) is 29.1 Å². The Morgan fingerprint density at radius 1 is 1.35 bits per heavy atom. The van der Waals surface area contributed by atoms with E-state index in [0.717, 1.165) is 0 Å². The fourth-order valence-corrected chi connectivity index (χ4v) is 1.14. The SMILES string of the molecule is O=C(O)Cc1cc(C(F)F)nc(C(F)(F)F)c1. The first-order valence-corrected chi connectivity index (χ1v) is 4.28. The predicted octanol–water partition coefficient (Wildman–Crippen LogP) is 2.67. The molecule has 8 heteroatoms. The van der Waals surface area contributed by atoms with E-state index in [0.29, 0.717) is 12.1 Å². The highest BCUT2D eigenvalue weighted by atomic mass is 19.4. The number of aliphatic carboxylic acids is 1. The Hall–Kier alpha value is -1.73. The van der Waals surface area contributed by atoms with Gasteiger partial charge in [-0.05, 0) is 17.7 Å². The maximum Gasteiger partial charge on any atom is 0.433 e. The Kier molecular flexibility index (Phi) is 3.64. The number of nitrogens with zero attached hydrogens (tertiary/aromatic N) is 1. The average molecular weight is 255 g/mol. The van der Waals surface area contributed by atoms with E-state index >= 15 is 0 Å². The molecule has 0 radical (unpaired) electrons. The third-order valence-electron chi connectivity index (χ3n) is 1.77. The predicted molar refractivity (Wildman–Crippen MR) is 45.5 cm³/mol. The van der Waals surface area contributed by atoms with Crippen molar-refractivity contribution in [2.75, 3.05) is 0 Å². The van der Waals surface area contributed by atoms with Gasteiger partial charge in [-0.25, -0.2) is 13.8 Å². The molecule has 0 bridgehead atoms. The monoisotopic (exact) mass is 255 g/mol. The normalized spacial score (nSPS) is 11.9. The molecule has 0 unspecified atom stereocenters. The minimum atomic E-state index is -4.89. The van der Waals surface area contributed by atoms with Gasteiger partial charge in [-0.3, -0.25) is 4.79 Å². The molecule has 0 fully saturated rings. The molecule has 94 valence electrons. The van der Waals surface area contributed by atoms with E-state index in [2.05, 4.69) is 4.98 Å². The summed E-state index contributed by atoms with van der Waals surface area (Å²) in [7, 11) is 0. The second-order valence-corrected chi connectivity index (χ2v) is 3.15. The van der Waals surface area contributed by atoms with Crippen molar-refractivity contribution >= 4 is 5.97 Å². The number of carbonyl (C=O) groups is 1. The van der Waals surface area contributed by atoms with E-state index in [1.807, 2.05) is 0 Å². The van der Waals surface area contributed by atoms with Crippen LogP contribution in [0.25, 0.3) is 0 Å². The van der Waals surface area contributed by atoms with E-state index in [9.17, 15) is 26.7 Å². The van der Waals surface area contributed by atoms with Crippen LogP contribution in [0.3, 0.4) is 0 Å². The molecule has 0 aromatic carbocycles. The maximum atomic E-state index is 12.3. The van der Waals surface area contributed by atoms with Crippen LogP contribution < -0.4 is 0 Å². The molecule has 17 heavy (non-hydrogen) atoms. The van der Waals surface area contributed by atoms with Gasteiger partial charge in [-0.15, -0.1) is 0 Å². The number of carboxylic acids is 1. The zero-order chi connectivity index (χ0) is 13.2. The summed E-state index contributed by atoms with van der Waals surface area (Å²) >= 11 is 0. The van der Waals surface area contributed by atoms with E-state index in [-0.39, 0.29) is 5.56 Å². The highest BCUT2D eigenvalue weighted by molar-refractivity contribution is 5.70. The summed E-state index contributed by atoms with van der Waals surface area (Å²) in [6, 6.07) is 1.09. The highest BCUT2D eigenvalue weighted by Gasteiger charge is 2.34. The number of rotatable bonds is 3. The van der Waals surface area contributed by atoms with Gasteiger partial charge in [-0.2, -0.15) is 13.2 Å². The van der Waals surface area contributed by atoms with Crippen LogP contribution >= 0.6 is 0 Å². The van der Waals surface area contributed by atoms with Crippen LogP contribution in [0.1, 0.15) is 23.4 Å². The van der Waals surface area contributed by atoms with Gasteiger partial charge in [0.2, 0.25) is 0 Å². The van der Waals surface area contributed by atoms with Gasteiger partial charge >= 0.3 is 12.1 Å². The molecule has 1 aromatic rings. The molecule has 1 aromatic heterocycles. The first-order chi connectivity index (χ1) is 7.70. The van der Waals surface area contributed by atoms with Crippen LogP contribution in [0.5, 0.6) is 0 Å². The Balaban J connectivity index is 3.23. The Bertz CT molecular complexity index is 430. The Morgan fingerprint density at radius 2 is 1.94 bits per heavy atom. The standard InChI is InChI=1S/C9H6F5NO2/c10-8(11)5-1-4(3-7(16)17)2-6(15-5)9(12,13)14/h1-2,8H,3H2,(H,16,17). The number of pyridine rings is 1. The Morgan fingerprint density at radius 3 is 2.35 bits per heavy atom. The minimum absolute atomic E-state index is 0.366. The molecule has 1 rings (SSSR count). The fraction of sp³-hybridized carbons (Fsp3) is 0.333. The van der Waals surface area contributed by atoms with E-state index < -0.39 is 36.4 Å². The van der Waals surface area contributed by atoms with Gasteiger partial charge in [0.25, 0.3) is 6.43 Å². The highest BCUT2D eigenvalue weighted by Crippen LogP contribution is 2.30. The molecule has 0 aliphatic rings. The topological polar surface area (TPSA) is 50.2 Å². The van der Waals surface area contributed by atoms with E-state index in [1.165, 1.54) is 0 Å². The van der Waals surface area contributed by atoms with Crippen molar-refractivity contribution in [2.45, 2.75) is 19.0 Å². The smallest absolute Gasteiger partial charge is 0.433 e. The lowest BCUT2D eigenvalue weighted by Crippen LogP contribution is -2.12. The lowest BCUT2D eigenvalue weighted by atomic mass is 10.1. The van der Waals surface area contributed by atoms with Gasteiger partial charge in [0.05, 0.1) is 6.42 Å². The van der Waals surface area contributed by atoms with Gasteiger partial charge in [0.1, 0.15) is 11.4 Å². The molecule has 0 aliphatic heterocycles. The average Bonchev–Trinajstić information content (AvgIpc) is 2.14. The third kappa shape index (κ3) is 3.65. The van der Waals surface area contributed by atoms with Gasteiger partial charge in [-0.1, -0.05) is 0 Å². The van der Waals surface area contributed by atoms with Crippen LogP contribution in [0, 0.1) is 0 Å². The number of halogens is 5. The van der Waals surface area contributed by atoms with E-state index in [1.54, 1.807) is 0 Å².